The summed E-state index contributed by atoms with van der Waals surface area (Å²) in [6, 6.07) is -0.645. The molecule has 1 aliphatic heterocycles. The molecule has 0 aromatic carbocycles. The summed E-state index contributed by atoms with van der Waals surface area (Å²) >= 11 is 0.538. The third kappa shape index (κ3) is 3.28. The van der Waals surface area contributed by atoms with Crippen molar-refractivity contribution in [1.82, 2.24) is 9.88 Å². The highest BCUT2D eigenvalue weighted by Crippen LogP contribution is 2.34. The average molecular weight is 310 g/mol. The monoisotopic (exact) mass is 310 g/mol. The van der Waals surface area contributed by atoms with Crippen molar-refractivity contribution in [3.63, 3.8) is 0 Å². The van der Waals surface area contributed by atoms with Crippen LogP contribution in [0.4, 0.5) is 13.2 Å². The van der Waals surface area contributed by atoms with E-state index in [2.05, 4.69) is 9.72 Å². The number of hydrogen-bond donors (Lipinski definition) is 1. The highest BCUT2D eigenvalue weighted by atomic mass is 32.1. The van der Waals surface area contributed by atoms with Crippen LogP contribution in [-0.2, 0) is 22.3 Å². The van der Waals surface area contributed by atoms with Crippen LogP contribution in [0.3, 0.4) is 0 Å². The van der Waals surface area contributed by atoms with Crippen molar-refractivity contribution >= 4 is 17.3 Å². The predicted molar refractivity (Wildman–Crippen MR) is 64.0 cm³/mol. The summed E-state index contributed by atoms with van der Waals surface area (Å²) in [6.45, 7) is 0.290. The minimum atomic E-state index is -4.41. The maximum atomic E-state index is 12.5. The van der Waals surface area contributed by atoms with Gasteiger partial charge < -0.3 is 9.84 Å². The Kier molecular flexibility index (Phi) is 4.31. The number of ether oxygens (including phenoxy) is 1. The average Bonchev–Trinajstić information content (AvgIpc) is 2.95. The van der Waals surface area contributed by atoms with Gasteiger partial charge in [0.2, 0.25) is 0 Å². The smallest absolute Gasteiger partial charge is 0.427 e. The summed E-state index contributed by atoms with van der Waals surface area (Å²) in [5, 5.41) is 9.83. The van der Waals surface area contributed by atoms with E-state index >= 15 is 0 Å². The van der Waals surface area contributed by atoms with Gasteiger partial charge >= 0.3 is 12.1 Å². The predicted octanol–water partition coefficient (Wildman–Crippen LogP) is 1.27. The first-order valence-electron chi connectivity index (χ1n) is 5.83. The third-order valence-electron chi connectivity index (χ3n) is 3.03. The summed E-state index contributed by atoms with van der Waals surface area (Å²) in [4.78, 5) is 16.1. The van der Waals surface area contributed by atoms with Crippen LogP contribution in [0.25, 0.3) is 0 Å². The molecule has 0 unspecified atom stereocenters. The highest BCUT2D eigenvalue weighted by Gasteiger charge is 2.38. The van der Waals surface area contributed by atoms with Gasteiger partial charge in [0, 0.05) is 13.0 Å². The molecule has 1 aromatic rings. The Balaban J connectivity index is 2.08. The summed E-state index contributed by atoms with van der Waals surface area (Å²) in [5.74, 6) is -0.505. The van der Waals surface area contributed by atoms with Gasteiger partial charge in [-0.3, -0.25) is 9.69 Å². The quantitative estimate of drug-likeness (QED) is 0.852. The second kappa shape index (κ2) is 5.66. The van der Waals surface area contributed by atoms with E-state index in [0.717, 1.165) is 6.20 Å². The van der Waals surface area contributed by atoms with E-state index in [1.807, 2.05) is 0 Å². The molecule has 1 fully saturated rings. The summed E-state index contributed by atoms with van der Waals surface area (Å²) in [7, 11) is 1.23. The number of nitrogens with zero attached hydrogens (tertiary/aromatic N) is 2. The molecular formula is C11H13F3N2O3S. The molecule has 5 nitrogen and oxygen atoms in total. The second-order valence-corrected chi connectivity index (χ2v) is 5.59. The van der Waals surface area contributed by atoms with Gasteiger partial charge in [-0.2, -0.15) is 13.2 Å². The number of carbonyl (C=O) groups is 1. The number of esters is 1. The largest absolute Gasteiger partial charge is 0.468 e. The van der Waals surface area contributed by atoms with E-state index in [1.54, 1.807) is 4.90 Å². The van der Waals surface area contributed by atoms with Gasteiger partial charge in [0.05, 0.1) is 26.0 Å². The SMILES string of the molecule is COC(=O)[C@H]1C[C@@H](O)CN1Cc1ncc(C(F)(F)F)s1. The van der Waals surface area contributed by atoms with E-state index < -0.39 is 29.2 Å². The van der Waals surface area contributed by atoms with Crippen molar-refractivity contribution in [3.8, 4) is 0 Å². The number of halogens is 3. The zero-order chi connectivity index (χ0) is 14.9. The number of hydrogen-bond acceptors (Lipinski definition) is 6. The molecule has 2 heterocycles. The third-order valence-corrected chi connectivity index (χ3v) is 4.05. The van der Waals surface area contributed by atoms with Gasteiger partial charge in [-0.05, 0) is 0 Å². The lowest BCUT2D eigenvalue weighted by Gasteiger charge is -2.20. The number of methoxy groups -OCH3 is 1. The van der Waals surface area contributed by atoms with Crippen LogP contribution in [0.1, 0.15) is 16.3 Å². The number of carbonyl (C=O) groups excluding carboxylic acids is 1. The molecule has 9 heteroatoms. The van der Waals surface area contributed by atoms with Crippen LogP contribution in [0, 0.1) is 0 Å². The Hall–Kier alpha value is -1.19. The lowest BCUT2D eigenvalue weighted by atomic mass is 10.2. The number of thiazole rings is 1. The Morgan fingerprint density at radius 2 is 2.35 bits per heavy atom. The summed E-state index contributed by atoms with van der Waals surface area (Å²) in [5.41, 5.74) is 0. The van der Waals surface area contributed by atoms with E-state index in [4.69, 9.17) is 0 Å². The first-order chi connectivity index (χ1) is 9.31. The minimum Gasteiger partial charge on any atom is -0.468 e. The van der Waals surface area contributed by atoms with Gasteiger partial charge in [0.15, 0.2) is 0 Å². The van der Waals surface area contributed by atoms with Gasteiger partial charge in [-0.15, -0.1) is 11.3 Å². The highest BCUT2D eigenvalue weighted by molar-refractivity contribution is 7.11. The van der Waals surface area contributed by atoms with Crippen LogP contribution >= 0.6 is 11.3 Å². The molecule has 0 bridgehead atoms. The van der Waals surface area contributed by atoms with Gasteiger partial charge in [-0.1, -0.05) is 0 Å². The molecule has 1 N–H and O–H groups in total. The maximum absolute atomic E-state index is 12.5. The molecule has 0 aliphatic carbocycles. The van der Waals surface area contributed by atoms with Crippen molar-refractivity contribution < 1.29 is 27.8 Å². The second-order valence-electron chi connectivity index (χ2n) is 4.47. The Morgan fingerprint density at radius 1 is 1.65 bits per heavy atom. The van der Waals surface area contributed by atoms with E-state index in [1.165, 1.54) is 7.11 Å². The van der Waals surface area contributed by atoms with E-state index in [9.17, 15) is 23.1 Å². The fourth-order valence-corrected chi connectivity index (χ4v) is 2.93. The Bertz CT molecular complexity index is 492. The molecule has 20 heavy (non-hydrogen) atoms. The summed E-state index contributed by atoms with van der Waals surface area (Å²) < 4.78 is 42.1. The zero-order valence-electron chi connectivity index (χ0n) is 10.6. The normalized spacial score (nSPS) is 24.1. The molecule has 2 atom stereocenters. The molecular weight excluding hydrogens is 297 g/mol. The van der Waals surface area contributed by atoms with Crippen LogP contribution < -0.4 is 0 Å². The van der Waals surface area contributed by atoms with Crippen LogP contribution in [0.5, 0.6) is 0 Å². The van der Waals surface area contributed by atoms with Crippen molar-refractivity contribution in [2.75, 3.05) is 13.7 Å². The Morgan fingerprint density at radius 3 is 2.90 bits per heavy atom. The lowest BCUT2D eigenvalue weighted by Crippen LogP contribution is -2.36. The molecule has 1 saturated heterocycles. The molecule has 2 rings (SSSR count). The molecule has 1 aliphatic rings. The standard InChI is InChI=1S/C11H13F3N2O3S/c1-19-10(18)7-2-6(17)4-16(7)5-9-15-3-8(20-9)11(12,13)14/h3,6-7,17H,2,4-5H2,1H3/t6-,7-/m1/s1. The lowest BCUT2D eigenvalue weighted by molar-refractivity contribution is -0.146. The number of aliphatic hydroxyl groups is 1. The maximum Gasteiger partial charge on any atom is 0.427 e. The minimum absolute atomic E-state index is 0.0809. The number of alkyl halides is 3. The van der Waals surface area contributed by atoms with Crippen molar-refractivity contribution in [3.05, 3.63) is 16.1 Å². The molecule has 0 spiro atoms. The number of aliphatic hydroxyl groups excluding tert-OH is 1. The fourth-order valence-electron chi connectivity index (χ4n) is 2.12. The van der Waals surface area contributed by atoms with Crippen LogP contribution in [0.15, 0.2) is 6.20 Å². The van der Waals surface area contributed by atoms with Crippen molar-refractivity contribution in [2.24, 2.45) is 0 Å². The van der Waals surface area contributed by atoms with E-state index in [0.29, 0.717) is 11.3 Å². The van der Waals surface area contributed by atoms with Crippen LogP contribution in [-0.4, -0.2) is 46.8 Å². The van der Waals surface area contributed by atoms with E-state index in [-0.39, 0.29) is 24.5 Å². The summed E-state index contributed by atoms with van der Waals surface area (Å²) in [6.07, 6.45) is -4.12. The Labute approximate surface area is 117 Å². The first kappa shape index (κ1) is 15.2. The molecule has 112 valence electrons. The number of β-amino-alcohol motifs (C(OH)–C–C–N with tert-alkyl or cyclic N) is 1. The van der Waals surface area contributed by atoms with Crippen LogP contribution in [0.2, 0.25) is 0 Å². The van der Waals surface area contributed by atoms with Gasteiger partial charge in [0.25, 0.3) is 0 Å². The molecule has 0 amide bonds. The molecule has 0 saturated carbocycles. The molecule has 1 aromatic heterocycles. The van der Waals surface area contributed by atoms with Crippen molar-refractivity contribution in [1.29, 1.82) is 0 Å². The zero-order valence-corrected chi connectivity index (χ0v) is 11.4. The van der Waals surface area contributed by atoms with Gasteiger partial charge in [0.1, 0.15) is 15.9 Å². The fraction of sp³-hybridized carbons (Fsp3) is 0.636. The first-order valence-corrected chi connectivity index (χ1v) is 6.64. The number of rotatable bonds is 3. The van der Waals surface area contributed by atoms with Crippen molar-refractivity contribution in [2.45, 2.75) is 31.3 Å². The topological polar surface area (TPSA) is 62.7 Å². The number of aromatic nitrogens is 1. The van der Waals surface area contributed by atoms with Gasteiger partial charge in [-0.25, -0.2) is 4.98 Å². The number of likely N-dealkylation sites (tertiary alicyclic amines) is 1. The molecule has 0 radical (unpaired) electrons.